The van der Waals surface area contributed by atoms with Gasteiger partial charge in [-0.15, -0.1) is 0 Å². The molecule has 0 spiro atoms. The van der Waals surface area contributed by atoms with Crippen LogP contribution in [0.25, 0.3) is 0 Å². The zero-order valence-electron chi connectivity index (χ0n) is 8.54. The van der Waals surface area contributed by atoms with E-state index in [-0.39, 0.29) is 6.03 Å². The number of hydrogen-bond donors (Lipinski definition) is 1. The van der Waals surface area contributed by atoms with E-state index in [0.29, 0.717) is 12.1 Å². The summed E-state index contributed by atoms with van der Waals surface area (Å²) in [5.74, 6) is 0.995. The molecule has 0 aliphatic heterocycles. The molecule has 0 aromatic heterocycles. The molecule has 0 heterocycles. The summed E-state index contributed by atoms with van der Waals surface area (Å²) < 4.78 is 0. The van der Waals surface area contributed by atoms with Crippen molar-refractivity contribution < 1.29 is 4.79 Å². The van der Waals surface area contributed by atoms with Gasteiger partial charge in [-0.3, -0.25) is 0 Å². The van der Waals surface area contributed by atoms with Gasteiger partial charge < -0.3 is 10.2 Å². The van der Waals surface area contributed by atoms with Crippen molar-refractivity contribution >= 4 is 17.8 Å². The van der Waals surface area contributed by atoms with Gasteiger partial charge in [-0.25, -0.2) is 4.79 Å². The van der Waals surface area contributed by atoms with Gasteiger partial charge in [0.15, 0.2) is 0 Å². The molecule has 0 bridgehead atoms. The van der Waals surface area contributed by atoms with E-state index in [9.17, 15) is 4.79 Å². The molecule has 2 amide bonds. The first-order valence-corrected chi connectivity index (χ1v) is 6.06. The molecule has 1 fully saturated rings. The summed E-state index contributed by atoms with van der Waals surface area (Å²) in [4.78, 5) is 13.3. The van der Waals surface area contributed by atoms with Crippen LogP contribution in [0.5, 0.6) is 0 Å². The van der Waals surface area contributed by atoms with Crippen molar-refractivity contribution in [2.45, 2.75) is 31.8 Å². The lowest BCUT2D eigenvalue weighted by Gasteiger charge is -2.24. The van der Waals surface area contributed by atoms with Crippen LogP contribution in [-0.2, 0) is 0 Å². The van der Waals surface area contributed by atoms with Crippen molar-refractivity contribution in [3.05, 3.63) is 0 Å². The summed E-state index contributed by atoms with van der Waals surface area (Å²) in [5, 5.41) is 2.97. The van der Waals surface area contributed by atoms with Gasteiger partial charge in [0.1, 0.15) is 0 Å². The molecule has 0 radical (unpaired) electrons. The van der Waals surface area contributed by atoms with Gasteiger partial charge in [0.2, 0.25) is 0 Å². The van der Waals surface area contributed by atoms with Crippen molar-refractivity contribution in [2.75, 3.05) is 19.1 Å². The van der Waals surface area contributed by atoms with Crippen molar-refractivity contribution in [3.63, 3.8) is 0 Å². The molecule has 0 saturated heterocycles. The van der Waals surface area contributed by atoms with E-state index in [1.807, 2.05) is 7.05 Å². The molecule has 0 aromatic carbocycles. The minimum Gasteiger partial charge on any atom is -0.335 e. The van der Waals surface area contributed by atoms with Crippen molar-refractivity contribution in [1.29, 1.82) is 0 Å². The van der Waals surface area contributed by atoms with Gasteiger partial charge in [-0.05, 0) is 26.0 Å². The van der Waals surface area contributed by atoms with Crippen LogP contribution in [0.4, 0.5) is 4.79 Å². The first-order chi connectivity index (χ1) is 6.15. The summed E-state index contributed by atoms with van der Waals surface area (Å²) in [6.45, 7) is 2.07. The Morgan fingerprint density at radius 2 is 2.31 bits per heavy atom. The number of amides is 2. The van der Waals surface area contributed by atoms with Gasteiger partial charge in [0.25, 0.3) is 0 Å². The van der Waals surface area contributed by atoms with Crippen LogP contribution in [0, 0.1) is 0 Å². The quantitative estimate of drug-likeness (QED) is 0.750. The topological polar surface area (TPSA) is 32.3 Å². The van der Waals surface area contributed by atoms with Crippen LogP contribution in [-0.4, -0.2) is 42.1 Å². The standard InChI is InChI=1S/C9H18N2OS/c1-7(6-13-3)11(2)9(12)10-8-4-5-8/h7-8H,4-6H2,1-3H3,(H,10,12). The van der Waals surface area contributed by atoms with E-state index in [2.05, 4.69) is 18.5 Å². The van der Waals surface area contributed by atoms with E-state index in [1.165, 1.54) is 0 Å². The maximum Gasteiger partial charge on any atom is 0.317 e. The fourth-order valence-corrected chi connectivity index (χ4v) is 1.76. The highest BCUT2D eigenvalue weighted by atomic mass is 32.2. The molecule has 3 nitrogen and oxygen atoms in total. The van der Waals surface area contributed by atoms with E-state index in [1.54, 1.807) is 16.7 Å². The Kier molecular flexibility index (Phi) is 3.90. The SMILES string of the molecule is CSCC(C)N(C)C(=O)NC1CC1. The molecule has 0 aromatic rings. The molecule has 1 N–H and O–H groups in total. The molecule has 1 aliphatic rings. The first kappa shape index (κ1) is 10.7. The minimum atomic E-state index is 0.0732. The number of thioether (sulfide) groups is 1. The van der Waals surface area contributed by atoms with Crippen molar-refractivity contribution in [1.82, 2.24) is 10.2 Å². The molecule has 1 unspecified atom stereocenters. The van der Waals surface area contributed by atoms with Crippen LogP contribution in [0.3, 0.4) is 0 Å². The van der Waals surface area contributed by atoms with E-state index >= 15 is 0 Å². The minimum absolute atomic E-state index is 0.0732. The van der Waals surface area contributed by atoms with Crippen molar-refractivity contribution in [3.8, 4) is 0 Å². The van der Waals surface area contributed by atoms with E-state index < -0.39 is 0 Å². The molecule has 1 aliphatic carbocycles. The number of rotatable bonds is 4. The van der Waals surface area contributed by atoms with E-state index in [4.69, 9.17) is 0 Å². The molecule has 13 heavy (non-hydrogen) atoms. The fraction of sp³-hybridized carbons (Fsp3) is 0.889. The summed E-state index contributed by atoms with van der Waals surface area (Å²) in [7, 11) is 1.86. The zero-order valence-corrected chi connectivity index (χ0v) is 9.36. The number of carbonyl (C=O) groups excluding carboxylic acids is 1. The van der Waals surface area contributed by atoms with Crippen LogP contribution >= 0.6 is 11.8 Å². The first-order valence-electron chi connectivity index (χ1n) is 4.67. The summed E-state index contributed by atoms with van der Waals surface area (Å²) in [6, 6.07) is 0.842. The second kappa shape index (κ2) is 4.74. The second-order valence-electron chi connectivity index (χ2n) is 3.64. The lowest BCUT2D eigenvalue weighted by Crippen LogP contribution is -2.44. The third kappa shape index (κ3) is 3.46. The van der Waals surface area contributed by atoms with Gasteiger partial charge in [-0.2, -0.15) is 11.8 Å². The highest BCUT2D eigenvalue weighted by Crippen LogP contribution is 2.19. The van der Waals surface area contributed by atoms with Crippen LogP contribution in [0.2, 0.25) is 0 Å². The van der Waals surface area contributed by atoms with Crippen molar-refractivity contribution in [2.24, 2.45) is 0 Å². The van der Waals surface area contributed by atoms with E-state index in [0.717, 1.165) is 18.6 Å². The lowest BCUT2D eigenvalue weighted by atomic mass is 10.3. The largest absolute Gasteiger partial charge is 0.335 e. The lowest BCUT2D eigenvalue weighted by molar-refractivity contribution is 0.198. The van der Waals surface area contributed by atoms with Gasteiger partial charge in [0, 0.05) is 24.9 Å². The number of hydrogen-bond acceptors (Lipinski definition) is 2. The van der Waals surface area contributed by atoms with Crippen LogP contribution < -0.4 is 5.32 Å². The average molecular weight is 202 g/mol. The Hall–Kier alpha value is -0.380. The molecule has 1 saturated carbocycles. The normalized spacial score (nSPS) is 18.1. The number of nitrogens with zero attached hydrogens (tertiary/aromatic N) is 1. The summed E-state index contributed by atoms with van der Waals surface area (Å²) in [6.07, 6.45) is 4.36. The predicted molar refractivity (Wildman–Crippen MR) is 57.2 cm³/mol. The number of carbonyl (C=O) groups is 1. The highest BCUT2D eigenvalue weighted by molar-refractivity contribution is 7.98. The summed E-state index contributed by atoms with van der Waals surface area (Å²) in [5.41, 5.74) is 0. The zero-order chi connectivity index (χ0) is 9.84. The smallest absolute Gasteiger partial charge is 0.317 e. The Morgan fingerprint density at radius 3 is 2.77 bits per heavy atom. The van der Waals surface area contributed by atoms with Crippen LogP contribution in [0.1, 0.15) is 19.8 Å². The molecule has 1 atom stereocenters. The molecule has 4 heteroatoms. The Labute approximate surface area is 84.2 Å². The summed E-state index contributed by atoms with van der Waals surface area (Å²) >= 11 is 1.77. The Bertz CT molecular complexity index is 182. The third-order valence-corrected chi connectivity index (χ3v) is 3.11. The monoisotopic (exact) mass is 202 g/mol. The predicted octanol–water partition coefficient (Wildman–Crippen LogP) is 1.54. The maximum atomic E-state index is 11.5. The van der Waals surface area contributed by atoms with Gasteiger partial charge >= 0.3 is 6.03 Å². The Balaban J connectivity index is 2.26. The number of nitrogens with one attached hydrogen (secondary N) is 1. The Morgan fingerprint density at radius 1 is 1.69 bits per heavy atom. The second-order valence-corrected chi connectivity index (χ2v) is 4.55. The van der Waals surface area contributed by atoms with Gasteiger partial charge in [0.05, 0.1) is 0 Å². The molecular formula is C9H18N2OS. The maximum absolute atomic E-state index is 11.5. The number of urea groups is 1. The average Bonchev–Trinajstić information content (AvgIpc) is 2.87. The fourth-order valence-electron chi connectivity index (χ4n) is 1.06. The third-order valence-electron chi connectivity index (χ3n) is 2.29. The molecule has 76 valence electrons. The highest BCUT2D eigenvalue weighted by Gasteiger charge is 2.25. The molecule has 1 rings (SSSR count). The van der Waals surface area contributed by atoms with Crippen LogP contribution in [0.15, 0.2) is 0 Å². The van der Waals surface area contributed by atoms with Gasteiger partial charge in [-0.1, -0.05) is 0 Å². The molecular weight excluding hydrogens is 184 g/mol.